The van der Waals surface area contributed by atoms with E-state index in [2.05, 4.69) is 5.32 Å². The lowest BCUT2D eigenvalue weighted by molar-refractivity contribution is -0.134. The molecule has 2 aliphatic heterocycles. The Morgan fingerprint density at radius 1 is 1.36 bits per heavy atom. The number of thioether (sulfide) groups is 1. The molecule has 1 aromatic rings. The fourth-order valence-corrected chi connectivity index (χ4v) is 4.07. The standard InChI is InChI=1S/C15H18FN3O2S/c16-12-4-2-1-3-11(12)15-19(7-8-22-15)14(21)10-18-6-5-17-13(20)9-18/h1-4,15H,5-10H2,(H,17,20). The first-order chi connectivity index (χ1) is 10.6. The molecule has 2 aliphatic rings. The number of hydrogen-bond acceptors (Lipinski definition) is 4. The van der Waals surface area contributed by atoms with Crippen LogP contribution in [0.15, 0.2) is 24.3 Å². The third kappa shape index (κ3) is 3.25. The van der Waals surface area contributed by atoms with Crippen molar-refractivity contribution in [2.24, 2.45) is 0 Å². The second-order valence-electron chi connectivity index (χ2n) is 5.39. The van der Waals surface area contributed by atoms with E-state index >= 15 is 0 Å². The summed E-state index contributed by atoms with van der Waals surface area (Å²) >= 11 is 1.58. The molecule has 7 heteroatoms. The van der Waals surface area contributed by atoms with Crippen molar-refractivity contribution in [2.45, 2.75) is 5.37 Å². The number of halogens is 1. The molecule has 0 aromatic heterocycles. The first-order valence-corrected chi connectivity index (χ1v) is 8.34. The van der Waals surface area contributed by atoms with Crippen LogP contribution in [0.25, 0.3) is 0 Å². The zero-order chi connectivity index (χ0) is 15.5. The number of amides is 2. The maximum Gasteiger partial charge on any atom is 0.237 e. The van der Waals surface area contributed by atoms with Crippen LogP contribution in [0.3, 0.4) is 0 Å². The fourth-order valence-electron chi connectivity index (χ4n) is 2.77. The van der Waals surface area contributed by atoms with Crippen LogP contribution in [0.1, 0.15) is 10.9 Å². The summed E-state index contributed by atoms with van der Waals surface area (Å²) in [4.78, 5) is 27.5. The van der Waals surface area contributed by atoms with E-state index in [9.17, 15) is 14.0 Å². The Morgan fingerprint density at radius 2 is 2.18 bits per heavy atom. The Hall–Kier alpha value is -1.60. The minimum Gasteiger partial charge on any atom is -0.354 e. The van der Waals surface area contributed by atoms with Crippen molar-refractivity contribution >= 4 is 23.6 Å². The first-order valence-electron chi connectivity index (χ1n) is 7.30. The largest absolute Gasteiger partial charge is 0.354 e. The molecule has 3 rings (SSSR count). The highest BCUT2D eigenvalue weighted by Gasteiger charge is 2.33. The van der Waals surface area contributed by atoms with E-state index in [4.69, 9.17) is 0 Å². The second-order valence-corrected chi connectivity index (χ2v) is 6.58. The van der Waals surface area contributed by atoms with Crippen LogP contribution in [-0.4, -0.2) is 60.1 Å². The summed E-state index contributed by atoms with van der Waals surface area (Å²) in [5.74, 6) is 0.413. The summed E-state index contributed by atoms with van der Waals surface area (Å²) in [6.45, 7) is 2.30. The van der Waals surface area contributed by atoms with Crippen molar-refractivity contribution in [1.82, 2.24) is 15.1 Å². The third-order valence-corrected chi connectivity index (χ3v) is 5.10. The summed E-state index contributed by atoms with van der Waals surface area (Å²) in [5, 5.41) is 2.47. The van der Waals surface area contributed by atoms with Gasteiger partial charge in [0.1, 0.15) is 11.2 Å². The second kappa shape index (κ2) is 6.66. The SMILES string of the molecule is O=C1CN(CC(=O)N2CCSC2c2ccccc2F)CCN1. The smallest absolute Gasteiger partial charge is 0.237 e. The molecule has 2 fully saturated rings. The van der Waals surface area contributed by atoms with Gasteiger partial charge in [-0.3, -0.25) is 14.5 Å². The zero-order valence-electron chi connectivity index (χ0n) is 12.1. The predicted octanol–water partition coefficient (Wildman–Crippen LogP) is 0.832. The average molecular weight is 323 g/mol. The third-order valence-electron chi connectivity index (χ3n) is 3.86. The van der Waals surface area contributed by atoms with Crippen LogP contribution in [0.5, 0.6) is 0 Å². The summed E-state index contributed by atoms with van der Waals surface area (Å²) in [7, 11) is 0. The monoisotopic (exact) mass is 323 g/mol. The van der Waals surface area contributed by atoms with Crippen molar-refractivity contribution in [3.8, 4) is 0 Å². The minimum absolute atomic E-state index is 0.0482. The van der Waals surface area contributed by atoms with Gasteiger partial charge in [0.05, 0.1) is 13.1 Å². The lowest BCUT2D eigenvalue weighted by atomic mass is 10.2. The molecular weight excluding hydrogens is 305 g/mol. The van der Waals surface area contributed by atoms with Crippen LogP contribution >= 0.6 is 11.8 Å². The van der Waals surface area contributed by atoms with E-state index in [-0.39, 0.29) is 36.1 Å². The van der Waals surface area contributed by atoms with Gasteiger partial charge in [-0.15, -0.1) is 11.8 Å². The highest BCUT2D eigenvalue weighted by atomic mass is 32.2. The van der Waals surface area contributed by atoms with E-state index in [1.165, 1.54) is 6.07 Å². The molecule has 1 atom stereocenters. The van der Waals surface area contributed by atoms with Gasteiger partial charge in [-0.1, -0.05) is 18.2 Å². The Kier molecular flexibility index (Phi) is 4.63. The van der Waals surface area contributed by atoms with E-state index in [1.54, 1.807) is 34.9 Å². The fraction of sp³-hybridized carbons (Fsp3) is 0.467. The van der Waals surface area contributed by atoms with Gasteiger partial charge in [0.2, 0.25) is 11.8 Å². The maximum absolute atomic E-state index is 14.0. The van der Waals surface area contributed by atoms with Gasteiger partial charge in [-0.05, 0) is 6.07 Å². The molecule has 22 heavy (non-hydrogen) atoms. The lowest BCUT2D eigenvalue weighted by Crippen LogP contribution is -2.51. The summed E-state index contributed by atoms with van der Waals surface area (Å²) in [6.07, 6.45) is 0. The number of nitrogens with zero attached hydrogens (tertiary/aromatic N) is 2. The van der Waals surface area contributed by atoms with Crippen molar-refractivity contribution in [1.29, 1.82) is 0 Å². The molecule has 5 nitrogen and oxygen atoms in total. The molecule has 1 unspecified atom stereocenters. The van der Waals surface area contributed by atoms with Crippen LogP contribution in [0, 0.1) is 5.82 Å². The van der Waals surface area contributed by atoms with Crippen LogP contribution in [-0.2, 0) is 9.59 Å². The zero-order valence-corrected chi connectivity index (χ0v) is 12.9. The van der Waals surface area contributed by atoms with Crippen molar-refractivity contribution in [3.05, 3.63) is 35.6 Å². The van der Waals surface area contributed by atoms with Crippen molar-refractivity contribution in [2.75, 3.05) is 38.5 Å². The van der Waals surface area contributed by atoms with Gasteiger partial charge in [0.25, 0.3) is 0 Å². The molecule has 0 bridgehead atoms. The van der Waals surface area contributed by atoms with Crippen molar-refractivity contribution in [3.63, 3.8) is 0 Å². The molecule has 118 valence electrons. The topological polar surface area (TPSA) is 52.7 Å². The molecule has 0 aliphatic carbocycles. The number of benzene rings is 1. The van der Waals surface area contributed by atoms with Gasteiger partial charge >= 0.3 is 0 Å². The van der Waals surface area contributed by atoms with Crippen LogP contribution < -0.4 is 5.32 Å². The first kappa shape index (κ1) is 15.3. The lowest BCUT2D eigenvalue weighted by Gasteiger charge is -2.30. The van der Waals surface area contributed by atoms with Gasteiger partial charge in [-0.25, -0.2) is 4.39 Å². The molecule has 0 radical (unpaired) electrons. The molecule has 2 amide bonds. The van der Waals surface area contributed by atoms with E-state index in [0.717, 1.165) is 5.75 Å². The number of nitrogens with one attached hydrogen (secondary N) is 1. The molecular formula is C15H18FN3O2S. The average Bonchev–Trinajstić information content (AvgIpc) is 2.97. The van der Waals surface area contributed by atoms with Crippen LogP contribution in [0.4, 0.5) is 4.39 Å². The Bertz CT molecular complexity index is 584. The number of piperazine rings is 1. The van der Waals surface area contributed by atoms with Gasteiger partial charge in [-0.2, -0.15) is 0 Å². The van der Waals surface area contributed by atoms with E-state index < -0.39 is 0 Å². The molecule has 2 heterocycles. The number of carbonyl (C=O) groups excluding carboxylic acids is 2. The molecule has 0 spiro atoms. The van der Waals surface area contributed by atoms with E-state index in [0.29, 0.717) is 25.2 Å². The number of hydrogen-bond donors (Lipinski definition) is 1. The van der Waals surface area contributed by atoms with Gasteiger partial charge in [0, 0.05) is 31.0 Å². The minimum atomic E-state index is -0.281. The molecule has 1 N–H and O–H groups in total. The summed E-state index contributed by atoms with van der Waals surface area (Å²) < 4.78 is 14.0. The predicted molar refractivity (Wildman–Crippen MR) is 82.8 cm³/mol. The Balaban J connectivity index is 1.69. The maximum atomic E-state index is 14.0. The molecule has 0 saturated carbocycles. The molecule has 1 aromatic carbocycles. The normalized spacial score (nSPS) is 22.7. The van der Waals surface area contributed by atoms with E-state index in [1.807, 2.05) is 4.90 Å². The quantitative estimate of drug-likeness (QED) is 0.895. The van der Waals surface area contributed by atoms with Gasteiger partial charge in [0.15, 0.2) is 0 Å². The number of rotatable bonds is 3. The summed E-state index contributed by atoms with van der Waals surface area (Å²) in [5.41, 5.74) is 0.551. The van der Waals surface area contributed by atoms with Crippen molar-refractivity contribution < 1.29 is 14.0 Å². The highest BCUT2D eigenvalue weighted by molar-refractivity contribution is 7.99. The van der Waals surface area contributed by atoms with Gasteiger partial charge < -0.3 is 10.2 Å². The molecule has 2 saturated heterocycles. The Morgan fingerprint density at radius 3 is 2.95 bits per heavy atom. The number of carbonyl (C=O) groups is 2. The highest BCUT2D eigenvalue weighted by Crippen LogP contribution is 2.38. The summed E-state index contributed by atoms with van der Waals surface area (Å²) in [6, 6.07) is 6.59. The Labute approximate surface area is 132 Å². The van der Waals surface area contributed by atoms with Crippen LogP contribution in [0.2, 0.25) is 0 Å².